The molecule has 0 aliphatic heterocycles. The van der Waals surface area contributed by atoms with Crippen molar-refractivity contribution in [3.05, 3.63) is 33.5 Å². The van der Waals surface area contributed by atoms with Gasteiger partial charge in [-0.15, -0.1) is 0 Å². The van der Waals surface area contributed by atoms with E-state index < -0.39 is 0 Å². The van der Waals surface area contributed by atoms with Gasteiger partial charge in [0, 0.05) is 19.6 Å². The van der Waals surface area contributed by atoms with Gasteiger partial charge in [-0.25, -0.2) is 4.39 Å². The third-order valence-electron chi connectivity index (χ3n) is 2.23. The van der Waals surface area contributed by atoms with E-state index in [9.17, 15) is 4.39 Å². The molecule has 2 nitrogen and oxygen atoms in total. The second kappa shape index (κ2) is 5.58. The van der Waals surface area contributed by atoms with Crippen LogP contribution in [-0.4, -0.2) is 18.8 Å². The van der Waals surface area contributed by atoms with Crippen LogP contribution in [0.2, 0.25) is 0 Å². The molecule has 84 valence electrons. The van der Waals surface area contributed by atoms with Crippen molar-refractivity contribution in [2.75, 3.05) is 13.7 Å². The number of hydrogen-bond acceptors (Lipinski definition) is 2. The second-order valence-corrected chi connectivity index (χ2v) is 4.35. The van der Waals surface area contributed by atoms with E-state index in [2.05, 4.69) is 15.9 Å². The number of rotatable bonds is 4. The van der Waals surface area contributed by atoms with Crippen LogP contribution >= 0.6 is 15.9 Å². The minimum atomic E-state index is -0.309. The molecule has 0 saturated carbocycles. The van der Waals surface area contributed by atoms with Crippen LogP contribution in [0, 0.1) is 5.82 Å². The Labute approximate surface area is 97.2 Å². The molecule has 0 aliphatic carbocycles. The SMILES string of the molecule is COCc1cc(Br)c(F)c(C(C)CO)c1. The molecule has 0 aromatic heterocycles. The molecule has 0 fully saturated rings. The fraction of sp³-hybridized carbons (Fsp3) is 0.455. The van der Waals surface area contributed by atoms with Gasteiger partial charge >= 0.3 is 0 Å². The number of ether oxygens (including phenoxy) is 1. The Hall–Kier alpha value is -0.450. The summed E-state index contributed by atoms with van der Waals surface area (Å²) in [5.41, 5.74) is 1.40. The first-order chi connectivity index (χ1) is 7.10. The fourth-order valence-electron chi connectivity index (χ4n) is 1.38. The van der Waals surface area contributed by atoms with Crippen molar-refractivity contribution in [3.63, 3.8) is 0 Å². The van der Waals surface area contributed by atoms with E-state index in [1.54, 1.807) is 26.2 Å². The number of methoxy groups -OCH3 is 1. The van der Waals surface area contributed by atoms with E-state index >= 15 is 0 Å². The average Bonchev–Trinajstić information content (AvgIpc) is 2.22. The van der Waals surface area contributed by atoms with E-state index in [1.807, 2.05) is 0 Å². The summed E-state index contributed by atoms with van der Waals surface area (Å²) in [6.45, 7) is 2.14. The number of aliphatic hydroxyl groups excluding tert-OH is 1. The summed E-state index contributed by atoms with van der Waals surface area (Å²) in [7, 11) is 1.59. The largest absolute Gasteiger partial charge is 0.396 e. The van der Waals surface area contributed by atoms with E-state index in [1.165, 1.54) is 0 Å². The molecule has 1 aromatic carbocycles. The Morgan fingerprint density at radius 2 is 2.20 bits per heavy atom. The summed E-state index contributed by atoms with van der Waals surface area (Å²) in [5.74, 6) is -0.519. The van der Waals surface area contributed by atoms with Gasteiger partial charge < -0.3 is 9.84 Å². The number of benzene rings is 1. The highest BCUT2D eigenvalue weighted by Crippen LogP contribution is 2.27. The molecule has 0 radical (unpaired) electrons. The van der Waals surface area contributed by atoms with Crippen molar-refractivity contribution >= 4 is 15.9 Å². The standard InChI is InChI=1S/C11H14BrFO2/c1-7(5-14)9-3-8(6-15-2)4-10(12)11(9)13/h3-4,7,14H,5-6H2,1-2H3. The molecule has 0 heterocycles. The minimum absolute atomic E-state index is 0.0696. The summed E-state index contributed by atoms with van der Waals surface area (Å²) < 4.78 is 19.1. The minimum Gasteiger partial charge on any atom is -0.396 e. The Kier molecular flexibility index (Phi) is 4.70. The Balaban J connectivity index is 3.12. The third kappa shape index (κ3) is 3.00. The van der Waals surface area contributed by atoms with Gasteiger partial charge in [0.05, 0.1) is 11.1 Å². The maximum atomic E-state index is 13.7. The summed E-state index contributed by atoms with van der Waals surface area (Å²) in [6.07, 6.45) is 0. The van der Waals surface area contributed by atoms with Crippen molar-refractivity contribution in [1.82, 2.24) is 0 Å². The van der Waals surface area contributed by atoms with Gasteiger partial charge in [0.2, 0.25) is 0 Å². The summed E-state index contributed by atoms with van der Waals surface area (Å²) in [4.78, 5) is 0. The Morgan fingerprint density at radius 3 is 2.73 bits per heavy atom. The molecule has 1 N–H and O–H groups in total. The lowest BCUT2D eigenvalue weighted by Crippen LogP contribution is -2.04. The molecule has 1 rings (SSSR count). The predicted molar refractivity (Wildman–Crippen MR) is 60.3 cm³/mol. The van der Waals surface area contributed by atoms with Crippen LogP contribution in [0.3, 0.4) is 0 Å². The van der Waals surface area contributed by atoms with E-state index in [0.29, 0.717) is 16.6 Å². The summed E-state index contributed by atoms with van der Waals surface area (Å²) in [5, 5.41) is 9.01. The van der Waals surface area contributed by atoms with Crippen LogP contribution in [0.4, 0.5) is 4.39 Å². The Morgan fingerprint density at radius 1 is 1.53 bits per heavy atom. The first kappa shape index (κ1) is 12.6. The molecule has 0 saturated heterocycles. The van der Waals surface area contributed by atoms with E-state index in [4.69, 9.17) is 9.84 Å². The van der Waals surface area contributed by atoms with Gasteiger partial charge in [-0.05, 0) is 33.1 Å². The maximum Gasteiger partial charge on any atom is 0.140 e. The lowest BCUT2D eigenvalue weighted by molar-refractivity contribution is 0.184. The summed E-state index contributed by atoms with van der Waals surface area (Å²) in [6, 6.07) is 3.41. The van der Waals surface area contributed by atoms with Crippen LogP contribution in [0.5, 0.6) is 0 Å². The molecule has 0 bridgehead atoms. The van der Waals surface area contributed by atoms with Gasteiger partial charge in [-0.3, -0.25) is 0 Å². The predicted octanol–water partition coefficient (Wildman–Crippen LogP) is 2.83. The van der Waals surface area contributed by atoms with E-state index in [-0.39, 0.29) is 18.3 Å². The zero-order valence-electron chi connectivity index (χ0n) is 8.76. The van der Waals surface area contributed by atoms with E-state index in [0.717, 1.165) is 5.56 Å². The maximum absolute atomic E-state index is 13.7. The molecule has 4 heteroatoms. The van der Waals surface area contributed by atoms with Gasteiger partial charge in [-0.1, -0.05) is 13.0 Å². The topological polar surface area (TPSA) is 29.5 Å². The Bertz CT molecular complexity index is 342. The first-order valence-electron chi connectivity index (χ1n) is 4.67. The molecule has 0 spiro atoms. The molecule has 0 amide bonds. The highest BCUT2D eigenvalue weighted by Gasteiger charge is 2.14. The first-order valence-corrected chi connectivity index (χ1v) is 5.47. The lowest BCUT2D eigenvalue weighted by atomic mass is 9.99. The number of halogens is 2. The molecule has 1 unspecified atom stereocenters. The van der Waals surface area contributed by atoms with Crippen molar-refractivity contribution in [3.8, 4) is 0 Å². The lowest BCUT2D eigenvalue weighted by Gasteiger charge is -2.13. The van der Waals surface area contributed by atoms with Crippen LogP contribution < -0.4 is 0 Å². The second-order valence-electron chi connectivity index (χ2n) is 3.50. The molecule has 1 atom stereocenters. The third-order valence-corrected chi connectivity index (χ3v) is 2.81. The van der Waals surface area contributed by atoms with Crippen molar-refractivity contribution < 1.29 is 14.2 Å². The van der Waals surface area contributed by atoms with Crippen LogP contribution in [-0.2, 0) is 11.3 Å². The quantitative estimate of drug-likeness (QED) is 0.917. The molecular formula is C11H14BrFO2. The van der Waals surface area contributed by atoms with Gasteiger partial charge in [0.15, 0.2) is 0 Å². The molecule has 1 aromatic rings. The molecule has 0 aliphatic rings. The highest BCUT2D eigenvalue weighted by molar-refractivity contribution is 9.10. The summed E-state index contributed by atoms with van der Waals surface area (Å²) >= 11 is 3.15. The van der Waals surface area contributed by atoms with Crippen LogP contribution in [0.1, 0.15) is 24.0 Å². The molecular weight excluding hydrogens is 263 g/mol. The number of hydrogen-bond donors (Lipinski definition) is 1. The van der Waals surface area contributed by atoms with Crippen LogP contribution in [0.25, 0.3) is 0 Å². The zero-order valence-corrected chi connectivity index (χ0v) is 10.3. The number of aliphatic hydroxyl groups is 1. The monoisotopic (exact) mass is 276 g/mol. The van der Waals surface area contributed by atoms with Crippen molar-refractivity contribution in [2.45, 2.75) is 19.4 Å². The average molecular weight is 277 g/mol. The van der Waals surface area contributed by atoms with Gasteiger partial charge in [0.25, 0.3) is 0 Å². The van der Waals surface area contributed by atoms with Crippen molar-refractivity contribution in [2.24, 2.45) is 0 Å². The normalized spacial score (nSPS) is 12.9. The zero-order chi connectivity index (χ0) is 11.4. The van der Waals surface area contributed by atoms with Gasteiger partial charge in [-0.2, -0.15) is 0 Å². The smallest absolute Gasteiger partial charge is 0.140 e. The van der Waals surface area contributed by atoms with Crippen LogP contribution in [0.15, 0.2) is 16.6 Å². The molecule has 15 heavy (non-hydrogen) atoms. The fourth-order valence-corrected chi connectivity index (χ4v) is 1.90. The van der Waals surface area contributed by atoms with Gasteiger partial charge in [0.1, 0.15) is 5.82 Å². The van der Waals surface area contributed by atoms with Crippen molar-refractivity contribution in [1.29, 1.82) is 0 Å². The highest BCUT2D eigenvalue weighted by atomic mass is 79.9.